The summed E-state index contributed by atoms with van der Waals surface area (Å²) in [7, 11) is 0. The Morgan fingerprint density at radius 2 is 1.83 bits per heavy atom. The summed E-state index contributed by atoms with van der Waals surface area (Å²) in [4.78, 5) is 37.9. The van der Waals surface area contributed by atoms with Gasteiger partial charge < -0.3 is 25.3 Å². The fourth-order valence-electron chi connectivity index (χ4n) is 5.12. The lowest BCUT2D eigenvalue weighted by atomic mass is 9.84. The molecule has 12 nitrogen and oxygen atoms in total. The first-order valence-corrected chi connectivity index (χ1v) is 14.3. The lowest BCUT2D eigenvalue weighted by Gasteiger charge is -2.29. The number of ether oxygens (including phenoxy) is 1. The van der Waals surface area contributed by atoms with Crippen molar-refractivity contribution in [1.82, 2.24) is 29.1 Å². The number of imidazole rings is 2. The number of amides is 1. The SMILES string of the molecule is O=C(CC1CCC(Nc2cc(NC3CC3)c3ncc(C(=O)Nc4ccnc(Cl)c4)n3n2)CC1)OCCn1ccnc1. The van der Waals surface area contributed by atoms with Gasteiger partial charge in [-0.2, -0.15) is 0 Å². The average Bonchev–Trinajstić information content (AvgIpc) is 3.41. The summed E-state index contributed by atoms with van der Waals surface area (Å²) in [6.07, 6.45) is 14.7. The van der Waals surface area contributed by atoms with E-state index in [0.29, 0.717) is 59.5 Å². The number of halogens is 1. The molecule has 4 aromatic rings. The maximum Gasteiger partial charge on any atom is 0.306 e. The van der Waals surface area contributed by atoms with Crippen LogP contribution in [0, 0.1) is 5.92 Å². The zero-order chi connectivity index (χ0) is 28.2. The van der Waals surface area contributed by atoms with Gasteiger partial charge in [0.05, 0.1) is 24.8 Å². The second-order valence-electron chi connectivity index (χ2n) is 10.6. The third kappa shape index (κ3) is 6.94. The first kappa shape index (κ1) is 27.0. The molecule has 2 aliphatic carbocycles. The van der Waals surface area contributed by atoms with Crippen molar-refractivity contribution >= 4 is 46.3 Å². The van der Waals surface area contributed by atoms with Crippen molar-refractivity contribution < 1.29 is 14.3 Å². The van der Waals surface area contributed by atoms with Gasteiger partial charge >= 0.3 is 5.97 Å². The zero-order valence-corrected chi connectivity index (χ0v) is 23.3. The standard InChI is InChI=1S/C28H32ClN9O3/c29-24-14-21(7-8-31-24)35-28(40)23-16-32-27-22(33-19-5-6-19)15-25(36-38(23)27)34-20-3-1-18(2-4-20)13-26(39)41-12-11-37-10-9-30-17-37/h7-10,14-20,33H,1-6,11-13H2,(H,34,36)(H,31,35,40). The molecule has 4 aromatic heterocycles. The Balaban J connectivity index is 1.08. The number of nitrogens with one attached hydrogen (secondary N) is 3. The van der Waals surface area contributed by atoms with E-state index in [2.05, 4.69) is 30.9 Å². The Hall–Kier alpha value is -4.19. The summed E-state index contributed by atoms with van der Waals surface area (Å²) < 4.78 is 8.89. The second-order valence-corrected chi connectivity index (χ2v) is 11.0. The number of pyridine rings is 1. The maximum atomic E-state index is 13.1. The number of fused-ring (bicyclic) bond motifs is 1. The summed E-state index contributed by atoms with van der Waals surface area (Å²) in [6.45, 7) is 0.956. The van der Waals surface area contributed by atoms with Gasteiger partial charge in [0, 0.05) is 48.8 Å². The average molecular weight is 578 g/mol. The van der Waals surface area contributed by atoms with Crippen LogP contribution in [-0.4, -0.2) is 59.7 Å². The van der Waals surface area contributed by atoms with Crippen molar-refractivity contribution in [3.8, 4) is 0 Å². The molecule has 0 bridgehead atoms. The minimum atomic E-state index is -0.348. The molecular weight excluding hydrogens is 546 g/mol. The Labute approximate surface area is 241 Å². The molecule has 214 valence electrons. The smallest absolute Gasteiger partial charge is 0.306 e. The molecule has 3 N–H and O–H groups in total. The molecule has 2 fully saturated rings. The van der Waals surface area contributed by atoms with Gasteiger partial charge in [-0.1, -0.05) is 11.6 Å². The van der Waals surface area contributed by atoms with Crippen LogP contribution >= 0.6 is 11.6 Å². The Morgan fingerprint density at radius 3 is 2.59 bits per heavy atom. The molecule has 2 aliphatic rings. The summed E-state index contributed by atoms with van der Waals surface area (Å²) >= 11 is 5.97. The van der Waals surface area contributed by atoms with E-state index in [4.69, 9.17) is 21.4 Å². The molecular formula is C28H32ClN9O3. The van der Waals surface area contributed by atoms with Crippen LogP contribution < -0.4 is 16.0 Å². The highest BCUT2D eigenvalue weighted by Gasteiger charge is 2.27. The number of nitrogens with zero attached hydrogens (tertiary/aromatic N) is 6. The minimum absolute atomic E-state index is 0.149. The minimum Gasteiger partial charge on any atom is -0.464 e. The number of aromatic nitrogens is 6. The zero-order valence-electron chi connectivity index (χ0n) is 22.5. The number of rotatable bonds is 11. The van der Waals surface area contributed by atoms with E-state index >= 15 is 0 Å². The second kappa shape index (κ2) is 12.1. The van der Waals surface area contributed by atoms with Crippen LogP contribution in [0.1, 0.15) is 55.4 Å². The monoisotopic (exact) mass is 577 g/mol. The highest BCUT2D eigenvalue weighted by atomic mass is 35.5. The molecule has 0 unspecified atom stereocenters. The van der Waals surface area contributed by atoms with Gasteiger partial charge in [-0.15, -0.1) is 5.10 Å². The molecule has 0 aromatic carbocycles. The highest BCUT2D eigenvalue weighted by molar-refractivity contribution is 6.29. The number of carbonyl (C=O) groups excluding carboxylic acids is 2. The number of hydrogen-bond acceptors (Lipinski definition) is 9. The summed E-state index contributed by atoms with van der Waals surface area (Å²) in [5.74, 6) is 0.479. The molecule has 41 heavy (non-hydrogen) atoms. The molecule has 2 saturated carbocycles. The summed E-state index contributed by atoms with van der Waals surface area (Å²) in [5.41, 5.74) is 2.28. The lowest BCUT2D eigenvalue weighted by molar-refractivity contribution is -0.145. The Bertz CT molecular complexity index is 1510. The van der Waals surface area contributed by atoms with Crippen molar-refractivity contribution in [3.05, 3.63) is 60.2 Å². The van der Waals surface area contributed by atoms with Crippen molar-refractivity contribution in [3.63, 3.8) is 0 Å². The van der Waals surface area contributed by atoms with E-state index in [-0.39, 0.29) is 17.9 Å². The molecule has 0 radical (unpaired) electrons. The van der Waals surface area contributed by atoms with Gasteiger partial charge in [-0.05, 0) is 56.6 Å². The predicted octanol–water partition coefficient (Wildman–Crippen LogP) is 4.41. The largest absolute Gasteiger partial charge is 0.464 e. The molecule has 0 spiro atoms. The summed E-state index contributed by atoms with van der Waals surface area (Å²) in [6, 6.07) is 5.83. The number of hydrogen-bond donors (Lipinski definition) is 3. The van der Waals surface area contributed by atoms with Gasteiger partial charge in [0.25, 0.3) is 5.91 Å². The molecule has 0 aliphatic heterocycles. The van der Waals surface area contributed by atoms with Crippen molar-refractivity contribution in [1.29, 1.82) is 0 Å². The van der Waals surface area contributed by atoms with Gasteiger partial charge in [0.2, 0.25) is 0 Å². The molecule has 0 saturated heterocycles. The number of carbonyl (C=O) groups is 2. The molecule has 13 heteroatoms. The number of esters is 1. The van der Waals surface area contributed by atoms with E-state index in [0.717, 1.165) is 44.2 Å². The fraction of sp³-hybridized carbons (Fsp3) is 0.429. The first-order chi connectivity index (χ1) is 20.0. The molecule has 4 heterocycles. The van der Waals surface area contributed by atoms with Crippen molar-refractivity contribution in [2.24, 2.45) is 5.92 Å². The van der Waals surface area contributed by atoms with Crippen LogP contribution in [0.4, 0.5) is 17.2 Å². The molecule has 6 rings (SSSR count). The van der Waals surface area contributed by atoms with Crippen LogP contribution in [-0.2, 0) is 16.1 Å². The highest BCUT2D eigenvalue weighted by Crippen LogP contribution is 2.32. The summed E-state index contributed by atoms with van der Waals surface area (Å²) in [5, 5.41) is 15.0. The van der Waals surface area contributed by atoms with E-state index < -0.39 is 0 Å². The quantitative estimate of drug-likeness (QED) is 0.175. The van der Waals surface area contributed by atoms with Crippen molar-refractivity contribution in [2.45, 2.75) is 63.6 Å². The van der Waals surface area contributed by atoms with Crippen LogP contribution in [0.25, 0.3) is 5.65 Å². The van der Waals surface area contributed by atoms with Crippen LogP contribution in [0.5, 0.6) is 0 Å². The molecule has 0 atom stereocenters. The van der Waals surface area contributed by atoms with Crippen molar-refractivity contribution in [2.75, 3.05) is 22.6 Å². The van der Waals surface area contributed by atoms with E-state index in [9.17, 15) is 9.59 Å². The Morgan fingerprint density at radius 1 is 1.02 bits per heavy atom. The van der Waals surface area contributed by atoms with Crippen LogP contribution in [0.2, 0.25) is 5.15 Å². The van der Waals surface area contributed by atoms with Gasteiger partial charge in [-0.3, -0.25) is 9.59 Å². The third-order valence-corrected chi connectivity index (χ3v) is 7.65. The van der Waals surface area contributed by atoms with Gasteiger partial charge in [0.1, 0.15) is 17.6 Å². The molecule has 1 amide bonds. The number of anilines is 3. The van der Waals surface area contributed by atoms with E-state index in [1.165, 1.54) is 12.4 Å². The van der Waals surface area contributed by atoms with E-state index in [1.54, 1.807) is 29.2 Å². The van der Waals surface area contributed by atoms with Gasteiger partial charge in [0.15, 0.2) is 11.3 Å². The fourth-order valence-corrected chi connectivity index (χ4v) is 5.30. The normalized spacial score (nSPS) is 18.7. The Kier molecular flexibility index (Phi) is 7.99. The maximum absolute atomic E-state index is 13.1. The lowest BCUT2D eigenvalue weighted by Crippen LogP contribution is -2.28. The van der Waals surface area contributed by atoms with Gasteiger partial charge in [-0.25, -0.2) is 19.5 Å². The third-order valence-electron chi connectivity index (χ3n) is 7.45. The predicted molar refractivity (Wildman–Crippen MR) is 154 cm³/mol. The van der Waals surface area contributed by atoms with E-state index in [1.807, 2.05) is 16.8 Å². The van der Waals surface area contributed by atoms with Crippen LogP contribution in [0.15, 0.2) is 49.3 Å². The topological polar surface area (TPSA) is 140 Å². The van der Waals surface area contributed by atoms with Crippen LogP contribution in [0.3, 0.4) is 0 Å². The first-order valence-electron chi connectivity index (χ1n) is 14.0.